The molecule has 150 valence electrons. The summed E-state index contributed by atoms with van der Waals surface area (Å²) >= 11 is 0. The van der Waals surface area contributed by atoms with Crippen LogP contribution in [0.4, 0.5) is 0 Å². The van der Waals surface area contributed by atoms with Crippen LogP contribution in [0.5, 0.6) is 0 Å². The first-order chi connectivity index (χ1) is 14.1. The zero-order valence-corrected chi connectivity index (χ0v) is 16.6. The van der Waals surface area contributed by atoms with Crippen LogP contribution in [-0.4, -0.2) is 53.7 Å². The van der Waals surface area contributed by atoms with E-state index < -0.39 is 0 Å². The molecule has 0 spiro atoms. The minimum Gasteiger partial charge on any atom is -0.358 e. The third kappa shape index (κ3) is 5.52. The zero-order valence-electron chi connectivity index (χ0n) is 16.6. The van der Waals surface area contributed by atoms with E-state index in [1.807, 2.05) is 83.5 Å². The molecule has 0 atom stereocenters. The Balaban J connectivity index is 1.77. The highest BCUT2D eigenvalue weighted by molar-refractivity contribution is 5.85. The van der Waals surface area contributed by atoms with Crippen molar-refractivity contribution < 1.29 is 9.59 Å². The number of likely N-dealkylation sites (N-methyl/N-ethyl adjacent to an activating group) is 2. The van der Waals surface area contributed by atoms with Gasteiger partial charge in [-0.25, -0.2) is 4.68 Å². The van der Waals surface area contributed by atoms with Crippen LogP contribution >= 0.6 is 0 Å². The van der Waals surface area contributed by atoms with Crippen molar-refractivity contribution in [3.8, 4) is 16.9 Å². The van der Waals surface area contributed by atoms with Crippen molar-refractivity contribution in [2.24, 2.45) is 0 Å². The van der Waals surface area contributed by atoms with E-state index in [0.717, 1.165) is 22.5 Å². The van der Waals surface area contributed by atoms with E-state index in [4.69, 9.17) is 5.10 Å². The molecular weight excluding hydrogens is 366 g/mol. The molecule has 0 bridgehead atoms. The number of aromatic nitrogens is 2. The summed E-state index contributed by atoms with van der Waals surface area (Å²) in [6.07, 6.45) is 2.00. The van der Waals surface area contributed by atoms with E-state index in [2.05, 4.69) is 10.6 Å². The molecule has 1 aromatic heterocycles. The van der Waals surface area contributed by atoms with Gasteiger partial charge in [-0.15, -0.1) is 0 Å². The van der Waals surface area contributed by atoms with E-state index in [1.54, 1.807) is 0 Å². The van der Waals surface area contributed by atoms with Crippen LogP contribution in [0.1, 0.15) is 5.56 Å². The number of nitrogens with zero attached hydrogens (tertiary/aromatic N) is 3. The van der Waals surface area contributed by atoms with Gasteiger partial charge in [0.15, 0.2) is 0 Å². The molecular formula is C22H25N5O2. The van der Waals surface area contributed by atoms with Crippen LogP contribution in [-0.2, 0) is 16.1 Å². The van der Waals surface area contributed by atoms with Gasteiger partial charge in [-0.2, -0.15) is 5.10 Å². The molecule has 2 amide bonds. The van der Waals surface area contributed by atoms with Gasteiger partial charge < -0.3 is 10.6 Å². The van der Waals surface area contributed by atoms with Crippen molar-refractivity contribution in [1.82, 2.24) is 25.3 Å². The highest BCUT2D eigenvalue weighted by atomic mass is 16.2. The highest BCUT2D eigenvalue weighted by Gasteiger charge is 2.15. The van der Waals surface area contributed by atoms with Crippen molar-refractivity contribution in [2.45, 2.75) is 6.54 Å². The monoisotopic (exact) mass is 391 g/mol. The fraction of sp³-hybridized carbons (Fsp3) is 0.227. The Hall–Kier alpha value is -3.45. The lowest BCUT2D eigenvalue weighted by Gasteiger charge is -2.16. The Kier molecular flexibility index (Phi) is 6.76. The summed E-state index contributed by atoms with van der Waals surface area (Å²) in [7, 11) is 3.41. The molecule has 1 heterocycles. The number of hydrogen-bond acceptors (Lipinski definition) is 4. The first-order valence-corrected chi connectivity index (χ1v) is 9.42. The second-order valence-electron chi connectivity index (χ2n) is 6.77. The maximum absolute atomic E-state index is 12.1. The molecule has 0 aliphatic rings. The molecule has 0 radical (unpaired) electrons. The number of benzene rings is 2. The summed E-state index contributed by atoms with van der Waals surface area (Å²) in [5.41, 5.74) is 3.89. The molecule has 3 rings (SSSR count). The molecule has 0 fully saturated rings. The maximum Gasteiger partial charge on any atom is 0.239 e. The number of para-hydroxylation sites is 1. The van der Waals surface area contributed by atoms with E-state index in [0.29, 0.717) is 6.54 Å². The third-order valence-corrected chi connectivity index (χ3v) is 4.44. The Bertz CT molecular complexity index is 954. The zero-order chi connectivity index (χ0) is 20.6. The quantitative estimate of drug-likeness (QED) is 0.614. The largest absolute Gasteiger partial charge is 0.358 e. The molecule has 2 aromatic carbocycles. The predicted octanol–water partition coefficient (Wildman–Crippen LogP) is 1.83. The van der Waals surface area contributed by atoms with Crippen LogP contribution in [0, 0.1) is 0 Å². The van der Waals surface area contributed by atoms with Crippen LogP contribution in [0.2, 0.25) is 0 Å². The Labute approximate surface area is 170 Å². The van der Waals surface area contributed by atoms with E-state index >= 15 is 0 Å². The minimum absolute atomic E-state index is 0.0234. The van der Waals surface area contributed by atoms with Crippen LogP contribution in [0.15, 0.2) is 66.9 Å². The average Bonchev–Trinajstić information content (AvgIpc) is 3.16. The van der Waals surface area contributed by atoms with Gasteiger partial charge in [0.05, 0.1) is 24.5 Å². The Morgan fingerprint density at radius 3 is 2.31 bits per heavy atom. The third-order valence-electron chi connectivity index (χ3n) is 4.44. The second kappa shape index (κ2) is 9.66. The molecule has 0 saturated heterocycles. The standard InChI is InChI=1S/C22H25N5O2/c1-23-20(28)13-24-21(29)16-26(2)14-18-15-27(19-11-7-4-8-12-19)25-22(18)17-9-5-3-6-10-17/h3-12,15H,13-14,16H2,1-2H3,(H,23,28)(H,24,29). The van der Waals surface area contributed by atoms with Gasteiger partial charge in [0.25, 0.3) is 0 Å². The molecule has 3 aromatic rings. The minimum atomic E-state index is -0.225. The molecule has 0 aliphatic carbocycles. The van der Waals surface area contributed by atoms with Crippen molar-refractivity contribution in [1.29, 1.82) is 0 Å². The number of nitrogens with one attached hydrogen (secondary N) is 2. The number of rotatable bonds is 8. The summed E-state index contributed by atoms with van der Waals surface area (Å²) < 4.78 is 1.86. The molecule has 0 aliphatic heterocycles. The van der Waals surface area contributed by atoms with Crippen molar-refractivity contribution in [3.05, 3.63) is 72.4 Å². The van der Waals surface area contributed by atoms with Gasteiger partial charge in [-0.3, -0.25) is 14.5 Å². The van der Waals surface area contributed by atoms with E-state index in [9.17, 15) is 9.59 Å². The summed E-state index contributed by atoms with van der Waals surface area (Å²) in [5.74, 6) is -0.427. The van der Waals surface area contributed by atoms with Gasteiger partial charge >= 0.3 is 0 Å². The predicted molar refractivity (Wildman–Crippen MR) is 112 cm³/mol. The lowest BCUT2D eigenvalue weighted by Crippen LogP contribution is -2.40. The number of amides is 2. The fourth-order valence-electron chi connectivity index (χ4n) is 2.99. The van der Waals surface area contributed by atoms with Crippen LogP contribution < -0.4 is 10.6 Å². The second-order valence-corrected chi connectivity index (χ2v) is 6.77. The smallest absolute Gasteiger partial charge is 0.239 e. The summed E-state index contributed by atoms with van der Waals surface area (Å²) in [6, 6.07) is 19.9. The van der Waals surface area contributed by atoms with Gasteiger partial charge in [0.2, 0.25) is 11.8 Å². The fourth-order valence-corrected chi connectivity index (χ4v) is 2.99. The normalized spacial score (nSPS) is 10.7. The summed E-state index contributed by atoms with van der Waals surface area (Å²) in [5, 5.41) is 9.88. The van der Waals surface area contributed by atoms with E-state index in [1.165, 1.54) is 7.05 Å². The van der Waals surface area contributed by atoms with Gasteiger partial charge in [-0.05, 0) is 19.2 Å². The summed E-state index contributed by atoms with van der Waals surface area (Å²) in [6.45, 7) is 0.705. The lowest BCUT2D eigenvalue weighted by atomic mass is 10.1. The van der Waals surface area contributed by atoms with E-state index in [-0.39, 0.29) is 24.9 Å². The molecule has 2 N–H and O–H groups in total. The molecule has 0 saturated carbocycles. The van der Waals surface area contributed by atoms with Gasteiger partial charge in [0, 0.05) is 30.9 Å². The highest BCUT2D eigenvalue weighted by Crippen LogP contribution is 2.24. The average molecular weight is 391 g/mol. The number of hydrogen-bond donors (Lipinski definition) is 2. The first-order valence-electron chi connectivity index (χ1n) is 9.42. The maximum atomic E-state index is 12.1. The Morgan fingerprint density at radius 1 is 1.00 bits per heavy atom. The van der Waals surface area contributed by atoms with Crippen molar-refractivity contribution in [2.75, 3.05) is 27.2 Å². The van der Waals surface area contributed by atoms with Crippen LogP contribution in [0.3, 0.4) is 0 Å². The molecule has 29 heavy (non-hydrogen) atoms. The number of carbonyl (C=O) groups is 2. The van der Waals surface area contributed by atoms with Crippen molar-refractivity contribution >= 4 is 11.8 Å². The van der Waals surface area contributed by atoms with Gasteiger partial charge in [0.1, 0.15) is 0 Å². The van der Waals surface area contributed by atoms with Crippen molar-refractivity contribution in [3.63, 3.8) is 0 Å². The molecule has 0 unspecified atom stereocenters. The van der Waals surface area contributed by atoms with Gasteiger partial charge in [-0.1, -0.05) is 48.5 Å². The molecule has 7 nitrogen and oxygen atoms in total. The Morgan fingerprint density at radius 2 is 1.66 bits per heavy atom. The topological polar surface area (TPSA) is 79.3 Å². The summed E-state index contributed by atoms with van der Waals surface area (Å²) in [4.78, 5) is 25.3. The van der Waals surface area contributed by atoms with Crippen LogP contribution in [0.25, 0.3) is 16.9 Å². The molecule has 7 heteroatoms. The first kappa shape index (κ1) is 20.3. The lowest BCUT2D eigenvalue weighted by molar-refractivity contribution is -0.126. The number of carbonyl (C=O) groups excluding carboxylic acids is 2. The SMILES string of the molecule is CNC(=O)CNC(=O)CN(C)Cc1cn(-c2ccccc2)nc1-c1ccccc1.